The van der Waals surface area contributed by atoms with Crippen molar-refractivity contribution in [3.63, 3.8) is 0 Å². The molecule has 6 rings (SSSR count). The zero-order valence-electron chi connectivity index (χ0n) is 22.7. The molecule has 0 bridgehead atoms. The van der Waals surface area contributed by atoms with Crippen LogP contribution in [-0.2, 0) is 6.42 Å². The molecule has 3 aromatic carbocycles. The second-order valence-electron chi connectivity index (χ2n) is 9.72. The minimum atomic E-state index is -0.429. The Hall–Kier alpha value is -4.89. The molecule has 3 aromatic heterocycles. The van der Waals surface area contributed by atoms with Crippen LogP contribution in [0.2, 0.25) is 0 Å². The first-order valence-corrected chi connectivity index (χ1v) is 14.2. The van der Waals surface area contributed by atoms with E-state index >= 15 is 0 Å². The van der Waals surface area contributed by atoms with Gasteiger partial charge in [-0.3, -0.25) is 9.59 Å². The van der Waals surface area contributed by atoms with Crippen molar-refractivity contribution in [1.29, 1.82) is 0 Å². The lowest BCUT2D eigenvalue weighted by molar-refractivity contribution is 0.317. The number of hydrogen-bond donors (Lipinski definition) is 0. The maximum Gasteiger partial charge on any atom is 0.296 e. The number of rotatable bonds is 8. The van der Waals surface area contributed by atoms with Crippen LogP contribution in [0.5, 0.6) is 5.75 Å². The number of thiazole rings is 1. The number of aryl methyl sites for hydroxylation is 1. The molecule has 0 saturated heterocycles. The molecule has 0 unspecified atom stereocenters. The fourth-order valence-corrected chi connectivity index (χ4v) is 5.35. The van der Waals surface area contributed by atoms with Gasteiger partial charge in [-0.2, -0.15) is 19.7 Å². The Morgan fingerprint density at radius 3 is 2.41 bits per heavy atom. The second kappa shape index (κ2) is 11.3. The molecule has 0 amide bonds. The van der Waals surface area contributed by atoms with Crippen molar-refractivity contribution < 1.29 is 4.74 Å². The average molecular weight is 562 g/mol. The summed E-state index contributed by atoms with van der Waals surface area (Å²) in [5, 5.41) is 9.27. The molecule has 0 aliphatic carbocycles. The maximum absolute atomic E-state index is 13.5. The molecule has 0 radical (unpaired) electrons. The van der Waals surface area contributed by atoms with Crippen LogP contribution in [0.1, 0.15) is 35.7 Å². The van der Waals surface area contributed by atoms with Gasteiger partial charge in [0.25, 0.3) is 11.1 Å². The molecular weight excluding hydrogens is 534 g/mol. The minimum absolute atomic E-state index is 0.232. The van der Waals surface area contributed by atoms with Gasteiger partial charge in [-0.05, 0) is 61.4 Å². The van der Waals surface area contributed by atoms with Crippen molar-refractivity contribution in [3.8, 4) is 22.7 Å². The lowest BCUT2D eigenvalue weighted by Crippen LogP contribution is -2.28. The number of ether oxygens (including phenoxy) is 1. The molecule has 0 atom stereocenters. The monoisotopic (exact) mass is 561 g/mol. The summed E-state index contributed by atoms with van der Waals surface area (Å²) in [6.45, 7) is 4.72. The zero-order chi connectivity index (χ0) is 28.3. The first-order valence-electron chi connectivity index (χ1n) is 13.4. The van der Waals surface area contributed by atoms with Gasteiger partial charge in [0, 0.05) is 23.7 Å². The van der Waals surface area contributed by atoms with Crippen molar-refractivity contribution in [1.82, 2.24) is 24.4 Å². The Kier molecular flexibility index (Phi) is 7.26. The number of aromatic nitrogens is 5. The maximum atomic E-state index is 13.5. The summed E-state index contributed by atoms with van der Waals surface area (Å²) in [4.78, 5) is 30.7. The number of para-hydroxylation sites is 1. The van der Waals surface area contributed by atoms with E-state index in [1.165, 1.54) is 4.52 Å². The van der Waals surface area contributed by atoms with E-state index in [2.05, 4.69) is 17.0 Å². The summed E-state index contributed by atoms with van der Waals surface area (Å²) < 4.78 is 9.17. The highest BCUT2D eigenvalue weighted by molar-refractivity contribution is 7.15. The van der Waals surface area contributed by atoms with Crippen molar-refractivity contribution >= 4 is 22.4 Å². The van der Waals surface area contributed by atoms with E-state index in [9.17, 15) is 9.59 Å². The Morgan fingerprint density at radius 1 is 0.927 bits per heavy atom. The van der Waals surface area contributed by atoms with Gasteiger partial charge in [0.2, 0.25) is 4.96 Å². The minimum Gasteiger partial charge on any atom is -0.494 e. The molecule has 0 spiro atoms. The number of hydrogen-bond acceptors (Lipinski definition) is 7. The van der Waals surface area contributed by atoms with Crippen LogP contribution in [0.3, 0.4) is 0 Å². The molecule has 0 aliphatic heterocycles. The number of benzene rings is 3. The van der Waals surface area contributed by atoms with Crippen molar-refractivity contribution in [2.45, 2.75) is 26.7 Å². The standard InChI is InChI=1S/C32H27N5O3S/c1-3-17-40-26-15-13-23(14-16-26)29-24(20-36(35-29)25-7-5-4-6-8-25)19-28-31(39)37-32(41-28)33-30(38)27(34-37)18-22-11-9-21(2)10-12-22/h4-16,19-20H,3,17-18H2,1-2H3/b28-19-. The van der Waals surface area contributed by atoms with E-state index in [1.54, 1.807) is 10.8 Å². The predicted molar refractivity (Wildman–Crippen MR) is 161 cm³/mol. The summed E-state index contributed by atoms with van der Waals surface area (Å²) in [5.41, 5.74) is 4.77. The van der Waals surface area contributed by atoms with Gasteiger partial charge < -0.3 is 4.74 Å². The third-order valence-corrected chi connectivity index (χ3v) is 7.55. The summed E-state index contributed by atoms with van der Waals surface area (Å²) >= 11 is 1.13. The van der Waals surface area contributed by atoms with E-state index in [1.807, 2.05) is 92.0 Å². The topological polar surface area (TPSA) is 91.4 Å². The summed E-state index contributed by atoms with van der Waals surface area (Å²) in [5.74, 6) is 0.790. The fraction of sp³-hybridized carbons (Fsp3) is 0.156. The van der Waals surface area contributed by atoms with Crippen LogP contribution < -0.4 is 20.4 Å². The van der Waals surface area contributed by atoms with Crippen molar-refractivity contribution in [2.75, 3.05) is 6.61 Å². The third-order valence-electron chi connectivity index (χ3n) is 6.59. The highest BCUT2D eigenvalue weighted by Crippen LogP contribution is 2.26. The summed E-state index contributed by atoms with van der Waals surface area (Å²) in [7, 11) is 0. The molecule has 0 fully saturated rings. The lowest BCUT2D eigenvalue weighted by Gasteiger charge is -2.05. The van der Waals surface area contributed by atoms with E-state index in [0.717, 1.165) is 51.4 Å². The molecule has 9 heteroatoms. The van der Waals surface area contributed by atoms with E-state index < -0.39 is 5.56 Å². The largest absolute Gasteiger partial charge is 0.494 e. The van der Waals surface area contributed by atoms with E-state index in [-0.39, 0.29) is 16.2 Å². The number of fused-ring (bicyclic) bond motifs is 1. The molecule has 204 valence electrons. The van der Waals surface area contributed by atoms with Gasteiger partial charge in [-0.1, -0.05) is 66.3 Å². The van der Waals surface area contributed by atoms with E-state index in [0.29, 0.717) is 23.3 Å². The van der Waals surface area contributed by atoms with Crippen LogP contribution in [0.25, 0.3) is 28.0 Å². The molecule has 8 nitrogen and oxygen atoms in total. The molecule has 0 saturated carbocycles. The average Bonchev–Trinajstić information content (AvgIpc) is 3.55. The van der Waals surface area contributed by atoms with Crippen LogP contribution in [0.15, 0.2) is 94.6 Å². The zero-order valence-corrected chi connectivity index (χ0v) is 23.5. The summed E-state index contributed by atoms with van der Waals surface area (Å²) in [6, 6.07) is 25.4. The predicted octanol–water partition coefficient (Wildman–Crippen LogP) is 4.60. The van der Waals surface area contributed by atoms with Gasteiger partial charge in [0.05, 0.1) is 16.8 Å². The lowest BCUT2D eigenvalue weighted by atomic mass is 10.1. The highest BCUT2D eigenvalue weighted by atomic mass is 32.1. The Morgan fingerprint density at radius 2 is 1.68 bits per heavy atom. The molecule has 0 N–H and O–H groups in total. The Bertz CT molecular complexity index is 1990. The van der Waals surface area contributed by atoms with Crippen LogP contribution >= 0.6 is 11.3 Å². The third kappa shape index (κ3) is 5.57. The van der Waals surface area contributed by atoms with Crippen LogP contribution in [0, 0.1) is 6.92 Å². The quantitative estimate of drug-likeness (QED) is 0.270. The van der Waals surface area contributed by atoms with Gasteiger partial charge in [0.15, 0.2) is 0 Å². The highest BCUT2D eigenvalue weighted by Gasteiger charge is 2.15. The molecule has 3 heterocycles. The molecular formula is C32H27N5O3S. The smallest absolute Gasteiger partial charge is 0.296 e. The van der Waals surface area contributed by atoms with Gasteiger partial charge in [-0.25, -0.2) is 4.68 Å². The van der Waals surface area contributed by atoms with Crippen LogP contribution in [-0.4, -0.2) is 31.0 Å². The number of nitrogens with zero attached hydrogens (tertiary/aromatic N) is 5. The second-order valence-corrected chi connectivity index (χ2v) is 10.7. The SMILES string of the molecule is CCCOc1ccc(-c2nn(-c3ccccc3)cc2/C=c2\sc3nc(=O)c(Cc4ccc(C)cc4)nn3c2=O)cc1. The summed E-state index contributed by atoms with van der Waals surface area (Å²) in [6.07, 6.45) is 4.91. The fourth-order valence-electron chi connectivity index (χ4n) is 4.45. The molecule has 41 heavy (non-hydrogen) atoms. The normalized spacial score (nSPS) is 11.8. The molecule has 6 aromatic rings. The first-order chi connectivity index (χ1) is 20.0. The van der Waals surface area contributed by atoms with Gasteiger partial charge in [-0.15, -0.1) is 0 Å². The molecule has 0 aliphatic rings. The van der Waals surface area contributed by atoms with Crippen molar-refractivity contribution in [2.24, 2.45) is 0 Å². The van der Waals surface area contributed by atoms with Crippen LogP contribution in [0.4, 0.5) is 0 Å². The van der Waals surface area contributed by atoms with Crippen molar-refractivity contribution in [3.05, 3.63) is 133 Å². The Balaban J connectivity index is 1.44. The first kappa shape index (κ1) is 26.3. The van der Waals surface area contributed by atoms with E-state index in [4.69, 9.17) is 9.84 Å². The van der Waals surface area contributed by atoms with Gasteiger partial charge >= 0.3 is 0 Å². The Labute approximate surface area is 239 Å². The van der Waals surface area contributed by atoms with Gasteiger partial charge in [0.1, 0.15) is 17.1 Å².